The first kappa shape index (κ1) is 19.7. The molecule has 0 unspecified atom stereocenters. The van der Waals surface area contributed by atoms with Crippen LogP contribution in [0.4, 0.5) is 4.39 Å². The second-order valence-corrected chi connectivity index (χ2v) is 6.60. The molecule has 1 aromatic carbocycles. The highest BCUT2D eigenvalue weighted by atomic mass is 35.5. The molecular formula is C19H22ClFN2O4. The van der Waals surface area contributed by atoms with E-state index in [9.17, 15) is 9.18 Å². The summed E-state index contributed by atoms with van der Waals surface area (Å²) in [6, 6.07) is 7.15. The lowest BCUT2D eigenvalue weighted by molar-refractivity contribution is 0.0374. The highest BCUT2D eigenvalue weighted by molar-refractivity contribution is 6.32. The van der Waals surface area contributed by atoms with E-state index < -0.39 is 5.82 Å². The number of amides is 1. The molecule has 0 saturated carbocycles. The zero-order valence-electron chi connectivity index (χ0n) is 14.9. The number of nitrogens with one attached hydrogen (secondary N) is 1. The third kappa shape index (κ3) is 5.95. The zero-order chi connectivity index (χ0) is 19.1. The van der Waals surface area contributed by atoms with Gasteiger partial charge >= 0.3 is 0 Å². The first-order valence-corrected chi connectivity index (χ1v) is 9.24. The molecule has 0 spiro atoms. The van der Waals surface area contributed by atoms with Gasteiger partial charge in [0.1, 0.15) is 23.9 Å². The standard InChI is InChI=1S/C19H22ClFN2O4/c20-16-12-14(21)2-4-17(16)26-13-15-3-5-18(27-15)19(24)22-6-1-7-23-8-10-25-11-9-23/h2-5,12H,1,6-11,13H2,(H,22,24). The van der Waals surface area contributed by atoms with Crippen LogP contribution in [-0.4, -0.2) is 50.2 Å². The maximum atomic E-state index is 13.0. The molecule has 0 atom stereocenters. The Balaban J connectivity index is 1.40. The van der Waals surface area contributed by atoms with Gasteiger partial charge in [0, 0.05) is 19.6 Å². The van der Waals surface area contributed by atoms with Gasteiger partial charge in [0.25, 0.3) is 5.91 Å². The number of halogens is 2. The maximum Gasteiger partial charge on any atom is 0.286 e. The molecule has 1 fully saturated rings. The fourth-order valence-corrected chi connectivity index (χ4v) is 2.96. The second kappa shape index (κ2) is 9.73. The minimum atomic E-state index is -0.432. The minimum absolute atomic E-state index is 0.0929. The van der Waals surface area contributed by atoms with Gasteiger partial charge in [-0.05, 0) is 43.3 Å². The van der Waals surface area contributed by atoms with Gasteiger partial charge in [0.15, 0.2) is 5.76 Å². The normalized spacial score (nSPS) is 14.9. The lowest BCUT2D eigenvalue weighted by Crippen LogP contribution is -2.38. The summed E-state index contributed by atoms with van der Waals surface area (Å²) in [6.45, 7) is 5.02. The summed E-state index contributed by atoms with van der Waals surface area (Å²) >= 11 is 5.91. The monoisotopic (exact) mass is 396 g/mol. The molecular weight excluding hydrogens is 375 g/mol. The van der Waals surface area contributed by atoms with Crippen LogP contribution in [0.1, 0.15) is 22.7 Å². The Labute approximate surface area is 162 Å². The van der Waals surface area contributed by atoms with E-state index in [1.807, 2.05) is 0 Å². The van der Waals surface area contributed by atoms with E-state index in [2.05, 4.69) is 10.2 Å². The van der Waals surface area contributed by atoms with Crippen molar-refractivity contribution in [2.45, 2.75) is 13.0 Å². The summed E-state index contributed by atoms with van der Waals surface area (Å²) in [4.78, 5) is 14.5. The van der Waals surface area contributed by atoms with Crippen molar-refractivity contribution < 1.29 is 23.1 Å². The predicted molar refractivity (Wildman–Crippen MR) is 98.7 cm³/mol. The first-order chi connectivity index (χ1) is 13.1. The van der Waals surface area contributed by atoms with Crippen molar-refractivity contribution in [3.8, 4) is 5.75 Å². The third-order valence-electron chi connectivity index (χ3n) is 4.19. The van der Waals surface area contributed by atoms with Crippen molar-refractivity contribution in [2.75, 3.05) is 39.4 Å². The fraction of sp³-hybridized carbons (Fsp3) is 0.421. The predicted octanol–water partition coefficient (Wildman–Crippen LogP) is 3.10. The summed E-state index contributed by atoms with van der Waals surface area (Å²) < 4.78 is 29.3. The van der Waals surface area contributed by atoms with Crippen LogP contribution in [0.25, 0.3) is 0 Å². The average Bonchev–Trinajstić information content (AvgIpc) is 3.14. The Kier molecular flexibility index (Phi) is 7.09. The van der Waals surface area contributed by atoms with E-state index >= 15 is 0 Å². The second-order valence-electron chi connectivity index (χ2n) is 6.19. The van der Waals surface area contributed by atoms with Crippen LogP contribution in [0.2, 0.25) is 5.02 Å². The topological polar surface area (TPSA) is 63.9 Å². The highest BCUT2D eigenvalue weighted by Gasteiger charge is 2.13. The lowest BCUT2D eigenvalue weighted by atomic mass is 10.3. The Morgan fingerprint density at radius 2 is 2.07 bits per heavy atom. The fourth-order valence-electron chi connectivity index (χ4n) is 2.74. The molecule has 1 N–H and O–H groups in total. The van der Waals surface area contributed by atoms with Gasteiger partial charge in [-0.25, -0.2) is 4.39 Å². The summed E-state index contributed by atoms with van der Waals surface area (Å²) in [7, 11) is 0. The molecule has 146 valence electrons. The van der Waals surface area contributed by atoms with Crippen LogP contribution in [-0.2, 0) is 11.3 Å². The lowest BCUT2D eigenvalue weighted by Gasteiger charge is -2.26. The summed E-state index contributed by atoms with van der Waals surface area (Å²) in [6.07, 6.45) is 0.867. The van der Waals surface area contributed by atoms with E-state index in [1.54, 1.807) is 12.1 Å². The van der Waals surface area contributed by atoms with Crippen molar-refractivity contribution in [2.24, 2.45) is 0 Å². The van der Waals surface area contributed by atoms with Crippen molar-refractivity contribution in [3.63, 3.8) is 0 Å². The van der Waals surface area contributed by atoms with Gasteiger partial charge in [0.2, 0.25) is 0 Å². The van der Waals surface area contributed by atoms with Gasteiger partial charge < -0.3 is 19.2 Å². The number of hydrogen-bond acceptors (Lipinski definition) is 5. The smallest absolute Gasteiger partial charge is 0.286 e. The quantitative estimate of drug-likeness (QED) is 0.695. The van der Waals surface area contributed by atoms with Gasteiger partial charge in [-0.15, -0.1) is 0 Å². The first-order valence-electron chi connectivity index (χ1n) is 8.86. The van der Waals surface area contributed by atoms with E-state index in [0.717, 1.165) is 39.3 Å². The Morgan fingerprint density at radius 1 is 1.26 bits per heavy atom. The number of carbonyl (C=O) groups excluding carboxylic acids is 1. The largest absolute Gasteiger partial charge is 0.484 e. The number of hydrogen-bond donors (Lipinski definition) is 1. The molecule has 1 aromatic heterocycles. The SMILES string of the molecule is O=C(NCCCN1CCOCC1)c1ccc(COc2ccc(F)cc2Cl)o1. The Bertz CT molecular complexity index is 762. The maximum absolute atomic E-state index is 13.0. The van der Waals surface area contributed by atoms with Crippen LogP contribution in [0.5, 0.6) is 5.75 Å². The molecule has 0 aliphatic carbocycles. The van der Waals surface area contributed by atoms with Gasteiger partial charge in [-0.3, -0.25) is 9.69 Å². The van der Waals surface area contributed by atoms with Gasteiger partial charge in [-0.1, -0.05) is 11.6 Å². The highest BCUT2D eigenvalue weighted by Crippen LogP contribution is 2.25. The number of furan rings is 1. The van der Waals surface area contributed by atoms with E-state index in [-0.39, 0.29) is 23.3 Å². The molecule has 27 heavy (non-hydrogen) atoms. The van der Waals surface area contributed by atoms with Crippen LogP contribution < -0.4 is 10.1 Å². The van der Waals surface area contributed by atoms with Gasteiger partial charge in [-0.2, -0.15) is 0 Å². The van der Waals surface area contributed by atoms with Crippen LogP contribution in [0, 0.1) is 5.82 Å². The summed E-state index contributed by atoms with van der Waals surface area (Å²) in [5.41, 5.74) is 0. The van der Waals surface area contributed by atoms with Gasteiger partial charge in [0.05, 0.1) is 18.2 Å². The molecule has 8 heteroatoms. The van der Waals surface area contributed by atoms with Crippen LogP contribution >= 0.6 is 11.6 Å². The van der Waals surface area contributed by atoms with E-state index in [4.69, 9.17) is 25.5 Å². The van der Waals surface area contributed by atoms with E-state index in [1.165, 1.54) is 18.2 Å². The Hall–Kier alpha value is -2.09. The number of benzene rings is 1. The third-order valence-corrected chi connectivity index (χ3v) is 4.49. The number of ether oxygens (including phenoxy) is 2. The molecule has 3 rings (SSSR count). The molecule has 0 bridgehead atoms. The average molecular weight is 397 g/mol. The van der Waals surface area contributed by atoms with Crippen molar-refractivity contribution in [1.82, 2.24) is 10.2 Å². The van der Waals surface area contributed by atoms with E-state index in [0.29, 0.717) is 18.1 Å². The Morgan fingerprint density at radius 3 is 2.85 bits per heavy atom. The molecule has 2 heterocycles. The number of morpholine rings is 1. The molecule has 2 aromatic rings. The van der Waals surface area contributed by atoms with Crippen molar-refractivity contribution in [1.29, 1.82) is 0 Å². The zero-order valence-corrected chi connectivity index (χ0v) is 15.6. The molecule has 6 nitrogen and oxygen atoms in total. The van der Waals surface area contributed by atoms with Crippen molar-refractivity contribution in [3.05, 3.63) is 52.7 Å². The molecule has 1 aliphatic heterocycles. The molecule has 0 radical (unpaired) electrons. The van der Waals surface area contributed by atoms with Crippen LogP contribution in [0.3, 0.4) is 0 Å². The summed E-state index contributed by atoms with van der Waals surface area (Å²) in [5.74, 6) is 0.364. The number of carbonyl (C=O) groups is 1. The number of rotatable bonds is 8. The van der Waals surface area contributed by atoms with Crippen molar-refractivity contribution >= 4 is 17.5 Å². The number of nitrogens with zero attached hydrogens (tertiary/aromatic N) is 1. The molecule has 1 saturated heterocycles. The minimum Gasteiger partial charge on any atom is -0.484 e. The molecule has 1 amide bonds. The summed E-state index contributed by atoms with van der Waals surface area (Å²) in [5, 5.41) is 3.03. The van der Waals surface area contributed by atoms with Crippen LogP contribution in [0.15, 0.2) is 34.7 Å². The molecule has 1 aliphatic rings.